The number of benzene rings is 2. The molecule has 194 valence electrons. The number of aromatic carboxylic acids is 1. The minimum absolute atomic E-state index is 0.0478. The quantitative estimate of drug-likeness (QED) is 0.215. The van der Waals surface area contributed by atoms with Crippen LogP contribution in [0.1, 0.15) is 103 Å². The number of H-pyrrole nitrogens is 1. The lowest BCUT2D eigenvalue weighted by Gasteiger charge is -2.22. The minimum atomic E-state index is -0.935. The van der Waals surface area contributed by atoms with Gasteiger partial charge in [0.05, 0.1) is 17.9 Å². The molecule has 6 nitrogen and oxygen atoms in total. The first kappa shape index (κ1) is 27.8. The van der Waals surface area contributed by atoms with Crippen molar-refractivity contribution in [3.8, 4) is 5.75 Å². The van der Waals surface area contributed by atoms with Crippen LogP contribution in [0.3, 0.4) is 0 Å². The van der Waals surface area contributed by atoms with E-state index in [4.69, 9.17) is 21.4 Å². The molecule has 36 heavy (non-hydrogen) atoms. The first-order valence-electron chi connectivity index (χ1n) is 12.9. The van der Waals surface area contributed by atoms with E-state index in [1.807, 2.05) is 0 Å². The van der Waals surface area contributed by atoms with Gasteiger partial charge in [0.1, 0.15) is 18.2 Å². The van der Waals surface area contributed by atoms with E-state index in [1.165, 1.54) is 16.7 Å². The Labute approximate surface area is 218 Å². The van der Waals surface area contributed by atoms with Crippen LogP contribution in [0, 0.1) is 0 Å². The van der Waals surface area contributed by atoms with Crippen LogP contribution in [0.25, 0.3) is 0 Å². The number of ether oxygens (including phenoxy) is 1. The highest BCUT2D eigenvalue weighted by atomic mass is 35.5. The number of unbranched alkanes of at least 4 members (excludes halogenated alkanes) is 1. The highest BCUT2D eigenvalue weighted by Crippen LogP contribution is 2.36. The SMILES string of the molecule is CCCCC(c1cc(CCC)c(OCc2ccc(C(=O)O)cc2)c(CCC)c1)c1nc(Cl)c(CO)[nH]1. The number of rotatable bonds is 14. The number of imidazole rings is 1. The van der Waals surface area contributed by atoms with Crippen molar-refractivity contribution in [2.75, 3.05) is 0 Å². The molecule has 3 N–H and O–H groups in total. The number of aliphatic hydroxyl groups is 1. The molecule has 1 unspecified atom stereocenters. The predicted molar refractivity (Wildman–Crippen MR) is 143 cm³/mol. The predicted octanol–water partition coefficient (Wildman–Crippen LogP) is 7.06. The highest BCUT2D eigenvalue weighted by molar-refractivity contribution is 6.30. The Hall–Kier alpha value is -2.83. The van der Waals surface area contributed by atoms with Crippen LogP contribution >= 0.6 is 11.6 Å². The lowest BCUT2D eigenvalue weighted by Crippen LogP contribution is -2.09. The van der Waals surface area contributed by atoms with E-state index in [-0.39, 0.29) is 18.1 Å². The Morgan fingerprint density at radius 2 is 1.69 bits per heavy atom. The van der Waals surface area contributed by atoms with Crippen molar-refractivity contribution in [2.45, 2.75) is 84.8 Å². The second-order valence-corrected chi connectivity index (χ2v) is 9.56. The van der Waals surface area contributed by atoms with Crippen molar-refractivity contribution in [1.29, 1.82) is 0 Å². The number of aliphatic hydroxyl groups excluding tert-OH is 1. The number of carboxylic acid groups (broad SMARTS) is 1. The number of hydrogen-bond acceptors (Lipinski definition) is 4. The molecular weight excluding hydrogens is 476 g/mol. The molecule has 0 aliphatic carbocycles. The van der Waals surface area contributed by atoms with Gasteiger partial charge in [-0.05, 0) is 53.6 Å². The molecule has 7 heteroatoms. The van der Waals surface area contributed by atoms with Crippen LogP contribution in [0.4, 0.5) is 0 Å². The maximum absolute atomic E-state index is 11.2. The van der Waals surface area contributed by atoms with Crippen LogP contribution in [-0.2, 0) is 26.1 Å². The summed E-state index contributed by atoms with van der Waals surface area (Å²) in [6.45, 7) is 6.70. The molecule has 0 amide bonds. The average molecular weight is 513 g/mol. The second-order valence-electron chi connectivity index (χ2n) is 9.20. The van der Waals surface area contributed by atoms with Crippen LogP contribution in [-0.4, -0.2) is 26.2 Å². The standard InChI is InChI=1S/C29H37ClN2O4/c1-4-7-10-24(28-31-25(17-33)27(30)32-28)23-15-21(8-5-2)26(22(16-23)9-6-3)36-18-19-11-13-20(14-12-19)29(34)35/h11-16,24,33H,4-10,17-18H2,1-3H3,(H,31,32)(H,34,35). The number of hydrogen-bond donors (Lipinski definition) is 3. The van der Waals surface area contributed by atoms with Crippen LogP contribution in [0.15, 0.2) is 36.4 Å². The number of aryl methyl sites for hydroxylation is 2. The Morgan fingerprint density at radius 1 is 1.06 bits per heavy atom. The fraction of sp³-hybridized carbons (Fsp3) is 0.448. The number of carboxylic acids is 1. The molecule has 0 aliphatic heterocycles. The third kappa shape index (κ3) is 6.89. The van der Waals surface area contributed by atoms with E-state index in [1.54, 1.807) is 24.3 Å². The lowest BCUT2D eigenvalue weighted by atomic mass is 9.88. The molecule has 2 aromatic carbocycles. The molecule has 0 spiro atoms. The van der Waals surface area contributed by atoms with Gasteiger partial charge in [0.2, 0.25) is 0 Å². The zero-order valence-electron chi connectivity index (χ0n) is 21.4. The monoisotopic (exact) mass is 512 g/mol. The van der Waals surface area contributed by atoms with E-state index >= 15 is 0 Å². The van der Waals surface area contributed by atoms with Crippen molar-refractivity contribution >= 4 is 17.6 Å². The minimum Gasteiger partial charge on any atom is -0.488 e. The largest absolute Gasteiger partial charge is 0.488 e. The van der Waals surface area contributed by atoms with E-state index in [9.17, 15) is 9.90 Å². The van der Waals surface area contributed by atoms with Gasteiger partial charge in [0.15, 0.2) is 5.15 Å². The number of aromatic amines is 1. The Kier molecular flexibility index (Phi) is 10.4. The second kappa shape index (κ2) is 13.5. The van der Waals surface area contributed by atoms with E-state index in [2.05, 4.69) is 42.9 Å². The van der Waals surface area contributed by atoms with Crippen LogP contribution in [0.2, 0.25) is 5.15 Å². The Balaban J connectivity index is 1.99. The summed E-state index contributed by atoms with van der Waals surface area (Å²) in [6.07, 6.45) is 6.80. The number of nitrogens with zero attached hydrogens (tertiary/aromatic N) is 1. The van der Waals surface area contributed by atoms with Gasteiger partial charge in [-0.15, -0.1) is 0 Å². The van der Waals surface area contributed by atoms with E-state index in [0.29, 0.717) is 17.5 Å². The van der Waals surface area contributed by atoms with E-state index in [0.717, 1.165) is 62.1 Å². The Bertz CT molecular complexity index is 1110. The molecule has 0 fully saturated rings. The summed E-state index contributed by atoms with van der Waals surface area (Å²) in [5.41, 5.74) is 5.26. The first-order chi connectivity index (χ1) is 17.4. The molecule has 3 aromatic rings. The lowest BCUT2D eigenvalue weighted by molar-refractivity contribution is 0.0697. The summed E-state index contributed by atoms with van der Waals surface area (Å²) in [5, 5.41) is 19.1. The molecule has 1 aromatic heterocycles. The zero-order valence-corrected chi connectivity index (χ0v) is 22.2. The molecule has 0 radical (unpaired) electrons. The van der Waals surface area contributed by atoms with Crippen molar-refractivity contribution in [1.82, 2.24) is 9.97 Å². The number of aromatic nitrogens is 2. The third-order valence-corrected chi connectivity index (χ3v) is 6.68. The average Bonchev–Trinajstić information content (AvgIpc) is 3.24. The van der Waals surface area contributed by atoms with Gasteiger partial charge in [0.25, 0.3) is 0 Å². The number of nitrogens with one attached hydrogen (secondary N) is 1. The van der Waals surface area contributed by atoms with Crippen LogP contribution < -0.4 is 4.74 Å². The summed E-state index contributed by atoms with van der Waals surface area (Å²) < 4.78 is 6.40. The maximum atomic E-state index is 11.2. The normalized spacial score (nSPS) is 12.0. The third-order valence-electron chi connectivity index (χ3n) is 6.37. The fourth-order valence-corrected chi connectivity index (χ4v) is 4.72. The summed E-state index contributed by atoms with van der Waals surface area (Å²) in [4.78, 5) is 19.0. The van der Waals surface area contributed by atoms with Gasteiger partial charge in [-0.2, -0.15) is 0 Å². The molecule has 1 heterocycles. The van der Waals surface area contributed by atoms with Gasteiger partial charge in [-0.3, -0.25) is 0 Å². The molecule has 0 saturated carbocycles. The molecule has 3 rings (SSSR count). The van der Waals surface area contributed by atoms with Gasteiger partial charge >= 0.3 is 5.97 Å². The highest BCUT2D eigenvalue weighted by Gasteiger charge is 2.23. The summed E-state index contributed by atoms with van der Waals surface area (Å²) in [7, 11) is 0. The van der Waals surface area contributed by atoms with Gasteiger partial charge < -0.3 is 19.9 Å². The topological polar surface area (TPSA) is 95.4 Å². The maximum Gasteiger partial charge on any atom is 0.335 e. The van der Waals surface area contributed by atoms with E-state index < -0.39 is 5.97 Å². The molecule has 0 aliphatic rings. The van der Waals surface area contributed by atoms with Crippen LogP contribution in [0.5, 0.6) is 5.75 Å². The summed E-state index contributed by atoms with van der Waals surface area (Å²) >= 11 is 6.27. The van der Waals surface area contributed by atoms with Crippen molar-refractivity contribution < 1.29 is 19.7 Å². The molecule has 0 bridgehead atoms. The van der Waals surface area contributed by atoms with Gasteiger partial charge in [0, 0.05) is 5.92 Å². The molecule has 0 saturated heterocycles. The van der Waals surface area contributed by atoms with Gasteiger partial charge in [-0.1, -0.05) is 82.3 Å². The zero-order chi connectivity index (χ0) is 26.1. The summed E-state index contributed by atoms with van der Waals surface area (Å²) in [5.74, 6) is 0.823. The fourth-order valence-electron chi connectivity index (χ4n) is 4.52. The Morgan fingerprint density at radius 3 is 2.19 bits per heavy atom. The number of halogens is 1. The molecule has 1 atom stereocenters. The van der Waals surface area contributed by atoms with Crippen molar-refractivity contribution in [2.24, 2.45) is 0 Å². The smallest absolute Gasteiger partial charge is 0.335 e. The first-order valence-corrected chi connectivity index (χ1v) is 13.2. The number of carbonyl (C=O) groups is 1. The van der Waals surface area contributed by atoms with Crippen molar-refractivity contribution in [3.63, 3.8) is 0 Å². The summed E-state index contributed by atoms with van der Waals surface area (Å²) in [6, 6.07) is 11.3. The van der Waals surface area contributed by atoms with Gasteiger partial charge in [-0.25, -0.2) is 9.78 Å². The van der Waals surface area contributed by atoms with Crippen molar-refractivity contribution in [3.05, 3.63) is 80.9 Å². The molecular formula is C29H37ClN2O4.